The van der Waals surface area contributed by atoms with Crippen molar-refractivity contribution in [3.05, 3.63) is 0 Å². The second-order valence-electron chi connectivity index (χ2n) is 5.36. The number of ether oxygens (including phenoxy) is 1. The summed E-state index contributed by atoms with van der Waals surface area (Å²) in [5, 5.41) is 0. The van der Waals surface area contributed by atoms with Gasteiger partial charge in [0.1, 0.15) is 0 Å². The third kappa shape index (κ3) is 4.94. The van der Waals surface area contributed by atoms with Crippen molar-refractivity contribution in [2.75, 3.05) is 40.3 Å². The van der Waals surface area contributed by atoms with Crippen molar-refractivity contribution in [3.8, 4) is 0 Å². The van der Waals surface area contributed by atoms with E-state index in [-0.39, 0.29) is 0 Å². The molecule has 0 amide bonds. The maximum absolute atomic E-state index is 5.99. The van der Waals surface area contributed by atoms with Gasteiger partial charge in [0.15, 0.2) is 0 Å². The number of hydrogen-bond donors (Lipinski definition) is 0. The van der Waals surface area contributed by atoms with Gasteiger partial charge in [-0.1, -0.05) is 26.7 Å². The lowest BCUT2D eigenvalue weighted by Crippen LogP contribution is -2.53. The Kier molecular flexibility index (Phi) is 7.09. The van der Waals surface area contributed by atoms with E-state index in [0.29, 0.717) is 12.1 Å². The van der Waals surface area contributed by atoms with E-state index >= 15 is 0 Å². The highest BCUT2D eigenvalue weighted by Gasteiger charge is 2.29. The van der Waals surface area contributed by atoms with E-state index in [1.165, 1.54) is 32.2 Å². The van der Waals surface area contributed by atoms with Crippen LogP contribution in [0.5, 0.6) is 0 Å². The largest absolute Gasteiger partial charge is 0.374 e. The van der Waals surface area contributed by atoms with Crippen LogP contribution in [0.3, 0.4) is 0 Å². The van der Waals surface area contributed by atoms with E-state index in [1.54, 1.807) is 0 Å². The first-order valence-electron chi connectivity index (χ1n) is 7.19. The summed E-state index contributed by atoms with van der Waals surface area (Å²) in [4.78, 5) is 4.90. The second-order valence-corrected chi connectivity index (χ2v) is 5.36. The van der Waals surface area contributed by atoms with Crippen LogP contribution in [0.15, 0.2) is 0 Å². The zero-order chi connectivity index (χ0) is 12.7. The molecule has 0 aromatic rings. The molecule has 3 nitrogen and oxygen atoms in total. The van der Waals surface area contributed by atoms with E-state index < -0.39 is 0 Å². The first-order chi connectivity index (χ1) is 8.19. The summed E-state index contributed by atoms with van der Waals surface area (Å²) < 4.78 is 5.99. The topological polar surface area (TPSA) is 15.7 Å². The second kappa shape index (κ2) is 8.06. The molecule has 102 valence electrons. The molecule has 3 heteroatoms. The van der Waals surface area contributed by atoms with Gasteiger partial charge < -0.3 is 9.64 Å². The average Bonchev–Trinajstić information content (AvgIpc) is 2.28. The van der Waals surface area contributed by atoms with Crippen molar-refractivity contribution in [2.45, 2.75) is 51.7 Å². The van der Waals surface area contributed by atoms with Crippen molar-refractivity contribution in [1.82, 2.24) is 9.80 Å². The molecule has 0 saturated carbocycles. The first kappa shape index (κ1) is 14.9. The van der Waals surface area contributed by atoms with Crippen LogP contribution in [0.1, 0.15) is 39.5 Å². The fraction of sp³-hybridized carbons (Fsp3) is 1.00. The molecular formula is C14H30N2O. The maximum Gasteiger partial charge on any atom is 0.0857 e. The number of nitrogens with zero attached hydrogens (tertiary/aromatic N) is 2. The van der Waals surface area contributed by atoms with Gasteiger partial charge in [-0.05, 0) is 33.5 Å². The Labute approximate surface area is 107 Å². The Morgan fingerprint density at radius 2 is 2.06 bits per heavy atom. The van der Waals surface area contributed by atoms with E-state index in [1.807, 2.05) is 0 Å². The number of hydrogen-bond acceptors (Lipinski definition) is 3. The summed E-state index contributed by atoms with van der Waals surface area (Å²) in [6.45, 7) is 8.73. The Morgan fingerprint density at radius 3 is 2.71 bits per heavy atom. The molecular weight excluding hydrogens is 212 g/mol. The Hall–Kier alpha value is -0.120. The summed E-state index contributed by atoms with van der Waals surface area (Å²) in [6, 6.07) is 0.614. The zero-order valence-electron chi connectivity index (χ0n) is 12.1. The molecule has 1 rings (SSSR count). The smallest absolute Gasteiger partial charge is 0.0857 e. The van der Waals surface area contributed by atoms with Crippen LogP contribution >= 0.6 is 0 Å². The first-order valence-corrected chi connectivity index (χ1v) is 7.19. The summed E-state index contributed by atoms with van der Waals surface area (Å²) >= 11 is 0. The van der Waals surface area contributed by atoms with Crippen molar-refractivity contribution < 1.29 is 4.74 Å². The van der Waals surface area contributed by atoms with Gasteiger partial charge in [-0.25, -0.2) is 0 Å². The highest BCUT2D eigenvalue weighted by molar-refractivity contribution is 4.84. The van der Waals surface area contributed by atoms with Gasteiger partial charge in [0.25, 0.3) is 0 Å². The van der Waals surface area contributed by atoms with E-state index in [0.717, 1.165) is 19.7 Å². The molecule has 1 aliphatic heterocycles. The highest BCUT2D eigenvalue weighted by Crippen LogP contribution is 2.19. The van der Waals surface area contributed by atoms with Crippen molar-refractivity contribution in [2.24, 2.45) is 0 Å². The van der Waals surface area contributed by atoms with Gasteiger partial charge in [0.2, 0.25) is 0 Å². The van der Waals surface area contributed by atoms with Gasteiger partial charge in [-0.2, -0.15) is 0 Å². The molecule has 0 bridgehead atoms. The molecule has 0 aromatic carbocycles. The number of likely N-dealkylation sites (N-methyl/N-ethyl adjacent to an activating group) is 2. The van der Waals surface area contributed by atoms with Crippen molar-refractivity contribution in [1.29, 1.82) is 0 Å². The number of morpholine rings is 1. The SMILES string of the molecule is CCCC[C@H]1[C@@H](CN(C)CCC)OCCN1C. The van der Waals surface area contributed by atoms with Crippen LogP contribution in [-0.2, 0) is 4.74 Å². The summed E-state index contributed by atoms with van der Waals surface area (Å²) in [5.74, 6) is 0. The minimum absolute atomic E-state index is 0.400. The minimum Gasteiger partial charge on any atom is -0.374 e. The molecule has 0 N–H and O–H groups in total. The minimum atomic E-state index is 0.400. The molecule has 1 aliphatic rings. The lowest BCUT2D eigenvalue weighted by atomic mass is 10.0. The summed E-state index contributed by atoms with van der Waals surface area (Å²) in [7, 11) is 4.45. The normalized spacial score (nSPS) is 26.6. The molecule has 1 fully saturated rings. The molecule has 0 aliphatic carbocycles. The van der Waals surface area contributed by atoms with Crippen molar-refractivity contribution in [3.63, 3.8) is 0 Å². The highest BCUT2D eigenvalue weighted by atomic mass is 16.5. The van der Waals surface area contributed by atoms with Crippen LogP contribution < -0.4 is 0 Å². The predicted octanol–water partition coefficient (Wildman–Crippen LogP) is 2.22. The molecule has 0 radical (unpaired) electrons. The fourth-order valence-electron chi connectivity index (χ4n) is 2.68. The maximum atomic E-state index is 5.99. The summed E-state index contributed by atoms with van der Waals surface area (Å²) in [5.41, 5.74) is 0. The van der Waals surface area contributed by atoms with E-state index in [4.69, 9.17) is 4.74 Å². The Bertz CT molecular complexity index is 199. The number of unbranched alkanes of at least 4 members (excludes halogenated alkanes) is 1. The van der Waals surface area contributed by atoms with E-state index in [9.17, 15) is 0 Å². The van der Waals surface area contributed by atoms with Crippen molar-refractivity contribution >= 4 is 0 Å². The molecule has 1 heterocycles. The van der Waals surface area contributed by atoms with Crippen LogP contribution in [0.25, 0.3) is 0 Å². The van der Waals surface area contributed by atoms with Gasteiger partial charge >= 0.3 is 0 Å². The quantitative estimate of drug-likeness (QED) is 0.681. The van der Waals surface area contributed by atoms with Crippen LogP contribution in [0.4, 0.5) is 0 Å². The molecule has 0 unspecified atom stereocenters. The predicted molar refractivity (Wildman–Crippen MR) is 73.5 cm³/mol. The van der Waals surface area contributed by atoms with Gasteiger partial charge in [0.05, 0.1) is 12.7 Å². The Balaban J connectivity index is 2.46. The third-order valence-electron chi connectivity index (χ3n) is 3.72. The molecule has 0 spiro atoms. The number of rotatable bonds is 7. The third-order valence-corrected chi connectivity index (χ3v) is 3.72. The van der Waals surface area contributed by atoms with Crippen LogP contribution in [0.2, 0.25) is 0 Å². The standard InChI is InChI=1S/C14H30N2O/c1-5-7-8-13-14(12-15(3)9-6-2)17-11-10-16(13)4/h13-14H,5-12H2,1-4H3/t13-,14+/m0/s1. The average molecular weight is 242 g/mol. The Morgan fingerprint density at radius 1 is 1.29 bits per heavy atom. The molecule has 2 atom stereocenters. The van der Waals surface area contributed by atoms with Gasteiger partial charge in [0, 0.05) is 19.1 Å². The van der Waals surface area contributed by atoms with Crippen LogP contribution in [-0.4, -0.2) is 62.3 Å². The molecule has 0 aromatic heterocycles. The molecule has 17 heavy (non-hydrogen) atoms. The fourth-order valence-corrected chi connectivity index (χ4v) is 2.68. The van der Waals surface area contributed by atoms with Gasteiger partial charge in [-0.15, -0.1) is 0 Å². The summed E-state index contributed by atoms with van der Waals surface area (Å²) in [6.07, 6.45) is 5.49. The lowest BCUT2D eigenvalue weighted by Gasteiger charge is -2.40. The molecule has 1 saturated heterocycles. The van der Waals surface area contributed by atoms with E-state index in [2.05, 4.69) is 37.7 Å². The monoisotopic (exact) mass is 242 g/mol. The lowest BCUT2D eigenvalue weighted by molar-refractivity contribution is -0.0745. The van der Waals surface area contributed by atoms with Crippen LogP contribution in [0, 0.1) is 0 Å². The van der Waals surface area contributed by atoms with Gasteiger partial charge in [-0.3, -0.25) is 4.90 Å². The zero-order valence-corrected chi connectivity index (χ0v) is 12.1.